The molecule has 0 atom stereocenters. The molecule has 1 aliphatic heterocycles. The number of benzene rings is 1. The Morgan fingerprint density at radius 2 is 1.79 bits per heavy atom. The molecule has 2 N–H and O–H groups in total. The Kier molecular flexibility index (Phi) is 8.32. The highest BCUT2D eigenvalue weighted by Crippen LogP contribution is 2.42. The number of hydrogen-bond donors (Lipinski definition) is 1. The van der Waals surface area contributed by atoms with Gasteiger partial charge in [0.25, 0.3) is 5.69 Å². The minimum Gasteiger partial charge on any atom is -0.493 e. The molecule has 2 aromatic heterocycles. The molecule has 0 spiro atoms. The Morgan fingerprint density at radius 1 is 1.13 bits per heavy atom. The summed E-state index contributed by atoms with van der Waals surface area (Å²) in [5.41, 5.74) is 2.64. The molecule has 1 saturated heterocycles. The van der Waals surface area contributed by atoms with Gasteiger partial charge in [0.2, 0.25) is 0 Å². The number of alkyl halides is 3. The molecule has 1 fully saturated rings. The minimum atomic E-state index is -4.76. The number of methoxy groups -OCH3 is 1. The first-order valence-corrected chi connectivity index (χ1v) is 11.7. The van der Waals surface area contributed by atoms with Crippen molar-refractivity contribution in [3.05, 3.63) is 46.4 Å². The van der Waals surface area contributed by atoms with E-state index in [0.717, 1.165) is 32.0 Å². The average Bonchev–Trinajstić information content (AvgIpc) is 3.31. The number of aromatic nitrogens is 3. The molecule has 3 heterocycles. The molecule has 4 rings (SSSR count). The molecule has 0 aliphatic carbocycles. The van der Waals surface area contributed by atoms with E-state index < -0.39 is 33.6 Å². The number of nitrogens with two attached hydrogens (primary N) is 1. The van der Waals surface area contributed by atoms with Crippen molar-refractivity contribution in [1.82, 2.24) is 19.5 Å². The van der Waals surface area contributed by atoms with E-state index in [4.69, 9.17) is 15.2 Å². The molecule has 11 nitrogen and oxygen atoms in total. The van der Waals surface area contributed by atoms with Crippen LogP contribution in [-0.4, -0.2) is 56.3 Å². The average molecular weight is 539 g/mol. The van der Waals surface area contributed by atoms with Crippen molar-refractivity contribution in [2.75, 3.05) is 25.9 Å². The number of piperidine rings is 1. The first-order valence-electron chi connectivity index (χ1n) is 11.7. The lowest BCUT2D eigenvalue weighted by atomic mass is 9.98. The Bertz CT molecular complexity index is 1310. The number of nitro benzene ring substituents is 1. The van der Waals surface area contributed by atoms with Crippen molar-refractivity contribution >= 4 is 23.1 Å². The number of nitro groups is 1. The first kappa shape index (κ1) is 28.5. The van der Waals surface area contributed by atoms with E-state index in [1.807, 2.05) is 20.8 Å². The maximum absolute atomic E-state index is 13.4. The molecule has 3 aromatic rings. The molecule has 38 heavy (non-hydrogen) atoms. The van der Waals surface area contributed by atoms with Crippen molar-refractivity contribution < 1.29 is 32.4 Å². The molecule has 0 saturated carbocycles. The van der Waals surface area contributed by atoms with Gasteiger partial charge in [0.1, 0.15) is 17.6 Å². The quantitative estimate of drug-likeness (QED) is 0.269. The normalized spacial score (nSPS) is 14.0. The van der Waals surface area contributed by atoms with Crippen LogP contribution in [-0.2, 0) is 10.9 Å². The van der Waals surface area contributed by atoms with Gasteiger partial charge in [0, 0.05) is 36.5 Å². The predicted molar refractivity (Wildman–Crippen MR) is 133 cm³/mol. The minimum absolute atomic E-state index is 0.0188. The van der Waals surface area contributed by atoms with Crippen molar-refractivity contribution in [2.24, 2.45) is 0 Å². The zero-order valence-corrected chi connectivity index (χ0v) is 21.4. The number of likely N-dealkylation sites (tertiary alicyclic amines) is 1. The molecule has 0 bridgehead atoms. The standard InChI is InChI=1S/C14H10F3N5O3.C10H19NO2/c1-25-12-2-7(5-21-13(12)19-6-20-21)8-3-11(22(23)24)10(18)4-9(8)14(15,16)17;1-10(2,3)13-9(12)11-7-5-4-6-8-11/h2-6H,18H2,1H3;4-8H2,1-3H3. The summed E-state index contributed by atoms with van der Waals surface area (Å²) in [6.07, 6.45) is 1.01. The van der Waals surface area contributed by atoms with Crippen LogP contribution in [0.25, 0.3) is 16.8 Å². The highest BCUT2D eigenvalue weighted by Gasteiger charge is 2.36. The summed E-state index contributed by atoms with van der Waals surface area (Å²) in [4.78, 5) is 27.5. The highest BCUT2D eigenvalue weighted by molar-refractivity contribution is 5.78. The third-order valence-corrected chi connectivity index (χ3v) is 5.55. The monoisotopic (exact) mass is 538 g/mol. The Labute approximate surface area is 216 Å². The number of nitrogens with zero attached hydrogens (tertiary/aromatic N) is 5. The van der Waals surface area contributed by atoms with Crippen LogP contribution in [0, 0.1) is 10.1 Å². The van der Waals surface area contributed by atoms with Crippen LogP contribution >= 0.6 is 0 Å². The number of anilines is 1. The van der Waals surface area contributed by atoms with Gasteiger partial charge in [0.15, 0.2) is 11.4 Å². The summed E-state index contributed by atoms with van der Waals surface area (Å²) in [6.45, 7) is 7.41. The number of hydrogen-bond acceptors (Lipinski definition) is 8. The number of amides is 1. The molecule has 1 aromatic carbocycles. The molecular formula is C24H29F3N6O5. The van der Waals surface area contributed by atoms with Crippen LogP contribution in [0.5, 0.6) is 5.75 Å². The van der Waals surface area contributed by atoms with Crippen LogP contribution in [0.4, 0.5) is 29.3 Å². The molecule has 1 amide bonds. The number of carbonyl (C=O) groups excluding carboxylic acids is 1. The van der Waals surface area contributed by atoms with Crippen molar-refractivity contribution in [3.8, 4) is 16.9 Å². The third-order valence-electron chi connectivity index (χ3n) is 5.55. The molecule has 0 unspecified atom stereocenters. The number of ether oxygens (including phenoxy) is 2. The summed E-state index contributed by atoms with van der Waals surface area (Å²) in [5, 5.41) is 14.9. The Balaban J connectivity index is 0.000000260. The van der Waals surface area contributed by atoms with Gasteiger partial charge in [0.05, 0.1) is 17.6 Å². The van der Waals surface area contributed by atoms with E-state index in [2.05, 4.69) is 10.1 Å². The molecule has 1 aliphatic rings. The number of rotatable bonds is 3. The van der Waals surface area contributed by atoms with Gasteiger partial charge in [-0.15, -0.1) is 0 Å². The van der Waals surface area contributed by atoms with E-state index in [-0.39, 0.29) is 23.0 Å². The number of halogens is 3. The summed E-state index contributed by atoms with van der Waals surface area (Å²) in [7, 11) is 1.32. The van der Waals surface area contributed by atoms with E-state index in [1.165, 1.54) is 36.6 Å². The van der Waals surface area contributed by atoms with Crippen molar-refractivity contribution in [3.63, 3.8) is 0 Å². The lowest BCUT2D eigenvalue weighted by molar-refractivity contribution is -0.383. The smallest absolute Gasteiger partial charge is 0.417 e. The van der Waals surface area contributed by atoms with Crippen molar-refractivity contribution in [1.29, 1.82) is 0 Å². The number of carbonyl (C=O) groups is 1. The Morgan fingerprint density at radius 3 is 2.34 bits per heavy atom. The van der Waals surface area contributed by atoms with E-state index in [1.54, 1.807) is 4.90 Å². The van der Waals surface area contributed by atoms with Crippen LogP contribution in [0.1, 0.15) is 45.6 Å². The SMILES string of the molecule is CC(C)(C)OC(=O)N1CCCCC1.COc1cc(-c2cc([N+](=O)[O-])c(N)cc2C(F)(F)F)cn2ncnc12. The molecule has 0 radical (unpaired) electrons. The molecule has 206 valence electrons. The third kappa shape index (κ3) is 6.81. The molecular weight excluding hydrogens is 509 g/mol. The largest absolute Gasteiger partial charge is 0.493 e. The second-order valence-corrected chi connectivity index (χ2v) is 9.56. The van der Waals surface area contributed by atoms with Crippen LogP contribution < -0.4 is 10.5 Å². The summed E-state index contributed by atoms with van der Waals surface area (Å²) >= 11 is 0. The van der Waals surface area contributed by atoms with E-state index in [9.17, 15) is 28.1 Å². The summed E-state index contributed by atoms with van der Waals surface area (Å²) < 4.78 is 51.8. The zero-order valence-electron chi connectivity index (χ0n) is 21.4. The van der Waals surface area contributed by atoms with Gasteiger partial charge < -0.3 is 20.1 Å². The summed E-state index contributed by atoms with van der Waals surface area (Å²) in [5.74, 6) is 0.169. The van der Waals surface area contributed by atoms with E-state index in [0.29, 0.717) is 11.7 Å². The second-order valence-electron chi connectivity index (χ2n) is 9.56. The zero-order chi connectivity index (χ0) is 28.3. The van der Waals surface area contributed by atoms with E-state index >= 15 is 0 Å². The lowest BCUT2D eigenvalue weighted by Gasteiger charge is -2.29. The fourth-order valence-electron chi connectivity index (χ4n) is 3.83. The lowest BCUT2D eigenvalue weighted by Crippen LogP contribution is -2.39. The van der Waals surface area contributed by atoms with Gasteiger partial charge in [-0.25, -0.2) is 14.3 Å². The van der Waals surface area contributed by atoms with Gasteiger partial charge in [-0.05, 0) is 52.2 Å². The topological polar surface area (TPSA) is 138 Å². The predicted octanol–water partition coefficient (Wildman–Crippen LogP) is 5.32. The fraction of sp³-hybridized carbons (Fsp3) is 0.458. The number of pyridine rings is 1. The van der Waals surface area contributed by atoms with Gasteiger partial charge in [-0.3, -0.25) is 10.1 Å². The van der Waals surface area contributed by atoms with Crippen LogP contribution in [0.3, 0.4) is 0 Å². The fourth-order valence-corrected chi connectivity index (χ4v) is 3.83. The first-order chi connectivity index (χ1) is 17.7. The van der Waals surface area contributed by atoms with Crippen molar-refractivity contribution in [2.45, 2.75) is 51.8 Å². The maximum atomic E-state index is 13.4. The highest BCUT2D eigenvalue weighted by atomic mass is 19.4. The van der Waals surface area contributed by atoms with Gasteiger partial charge >= 0.3 is 12.3 Å². The van der Waals surface area contributed by atoms with Crippen LogP contribution in [0.15, 0.2) is 30.7 Å². The molecule has 14 heteroatoms. The van der Waals surface area contributed by atoms with Crippen LogP contribution in [0.2, 0.25) is 0 Å². The second kappa shape index (κ2) is 11.1. The van der Waals surface area contributed by atoms with Gasteiger partial charge in [-0.1, -0.05) is 0 Å². The van der Waals surface area contributed by atoms with Gasteiger partial charge in [-0.2, -0.15) is 18.3 Å². The number of fused-ring (bicyclic) bond motifs is 1. The summed E-state index contributed by atoms with van der Waals surface area (Å²) in [6, 6.07) is 2.63. The Hall–Kier alpha value is -4.10. The number of nitrogen functional groups attached to an aromatic ring is 1. The maximum Gasteiger partial charge on any atom is 0.417 e.